The minimum Gasteiger partial charge on any atom is -0.490 e. The number of nitrogens with one attached hydrogen (secondary N) is 1. The van der Waals surface area contributed by atoms with Crippen molar-refractivity contribution in [3.8, 4) is 5.75 Å². The molecule has 1 N–H and O–H groups in total. The summed E-state index contributed by atoms with van der Waals surface area (Å²) in [5, 5.41) is 7.46. The van der Waals surface area contributed by atoms with E-state index in [0.29, 0.717) is 13.2 Å². The molecule has 0 amide bonds. The van der Waals surface area contributed by atoms with Gasteiger partial charge in [-0.25, -0.2) is 4.99 Å². The molecule has 2 aromatic heterocycles. The molecule has 8 nitrogen and oxygen atoms in total. The zero-order valence-electron chi connectivity index (χ0n) is 16.5. The Kier molecular flexibility index (Phi) is 9.48. The van der Waals surface area contributed by atoms with E-state index in [2.05, 4.69) is 32.2 Å². The predicted molar refractivity (Wildman–Crippen MR) is 119 cm³/mol. The van der Waals surface area contributed by atoms with Crippen LogP contribution in [0.25, 0.3) is 0 Å². The lowest BCUT2D eigenvalue weighted by atomic mass is 10.3. The van der Waals surface area contributed by atoms with Crippen molar-refractivity contribution in [3.05, 3.63) is 42.0 Å². The quantitative estimate of drug-likeness (QED) is 0.270. The van der Waals surface area contributed by atoms with E-state index in [1.54, 1.807) is 12.4 Å². The minimum absolute atomic E-state index is 0. The number of ether oxygens (including phenoxy) is 1. The summed E-state index contributed by atoms with van der Waals surface area (Å²) in [6.07, 6.45) is 3.45. The molecule has 0 aromatic carbocycles. The summed E-state index contributed by atoms with van der Waals surface area (Å²) < 4.78 is 10.8. The Morgan fingerprint density at radius 2 is 2.14 bits per heavy atom. The lowest BCUT2D eigenvalue weighted by Gasteiger charge is -2.36. The fraction of sp³-hybridized carbons (Fsp3) is 0.526. The highest BCUT2D eigenvalue weighted by Crippen LogP contribution is 2.09. The Labute approximate surface area is 183 Å². The first-order chi connectivity index (χ1) is 13.2. The van der Waals surface area contributed by atoms with Gasteiger partial charge in [0.2, 0.25) is 0 Å². The molecule has 0 bridgehead atoms. The molecule has 9 heteroatoms. The largest absolute Gasteiger partial charge is 0.490 e. The van der Waals surface area contributed by atoms with Gasteiger partial charge in [-0.15, -0.1) is 24.0 Å². The van der Waals surface area contributed by atoms with Crippen LogP contribution in [0.5, 0.6) is 5.75 Å². The van der Waals surface area contributed by atoms with Crippen molar-refractivity contribution in [2.24, 2.45) is 4.99 Å². The molecule has 2 aromatic rings. The molecule has 1 fully saturated rings. The molecule has 1 aliphatic heterocycles. The average Bonchev–Trinajstić information content (AvgIpc) is 3.10. The number of rotatable bonds is 7. The standard InChI is InChI=1S/C19H28N6O2.HI/c1-3-21-19(22-7-12-26-18-5-4-6-20-14-18)25-10-8-24(9-11-25)15-17-13-16(2)27-23-17;/h4-6,13-14H,3,7-12,15H2,1-2H3,(H,21,22);1H. The molecule has 0 unspecified atom stereocenters. The van der Waals surface area contributed by atoms with E-state index in [4.69, 9.17) is 14.3 Å². The van der Waals surface area contributed by atoms with Crippen LogP contribution in [-0.4, -0.2) is 71.8 Å². The van der Waals surface area contributed by atoms with E-state index in [9.17, 15) is 0 Å². The van der Waals surface area contributed by atoms with Gasteiger partial charge in [-0.05, 0) is 26.0 Å². The maximum atomic E-state index is 5.67. The van der Waals surface area contributed by atoms with Crippen LogP contribution >= 0.6 is 24.0 Å². The van der Waals surface area contributed by atoms with E-state index in [-0.39, 0.29) is 24.0 Å². The van der Waals surface area contributed by atoms with E-state index in [1.807, 2.05) is 25.1 Å². The molecule has 0 radical (unpaired) electrons. The van der Waals surface area contributed by atoms with Crippen LogP contribution in [0.4, 0.5) is 0 Å². The summed E-state index contributed by atoms with van der Waals surface area (Å²) in [6.45, 7) is 10.7. The molecule has 3 rings (SSSR count). The maximum Gasteiger partial charge on any atom is 0.194 e. The zero-order chi connectivity index (χ0) is 18.9. The van der Waals surface area contributed by atoms with Gasteiger partial charge in [0, 0.05) is 51.5 Å². The van der Waals surface area contributed by atoms with Crippen molar-refractivity contribution in [3.63, 3.8) is 0 Å². The average molecular weight is 500 g/mol. The van der Waals surface area contributed by atoms with Crippen molar-refractivity contribution >= 4 is 29.9 Å². The number of hydrogen-bond acceptors (Lipinski definition) is 6. The van der Waals surface area contributed by atoms with Crippen molar-refractivity contribution in [2.75, 3.05) is 45.9 Å². The Morgan fingerprint density at radius 1 is 1.32 bits per heavy atom. The van der Waals surface area contributed by atoms with Gasteiger partial charge in [0.25, 0.3) is 0 Å². The van der Waals surface area contributed by atoms with E-state index >= 15 is 0 Å². The first-order valence-corrected chi connectivity index (χ1v) is 9.45. The number of pyridine rings is 1. The van der Waals surface area contributed by atoms with Gasteiger partial charge in [0.15, 0.2) is 5.96 Å². The van der Waals surface area contributed by atoms with Gasteiger partial charge < -0.3 is 19.5 Å². The lowest BCUT2D eigenvalue weighted by molar-refractivity contribution is 0.168. The van der Waals surface area contributed by atoms with Gasteiger partial charge in [-0.2, -0.15) is 0 Å². The van der Waals surface area contributed by atoms with Crippen molar-refractivity contribution < 1.29 is 9.26 Å². The second kappa shape index (κ2) is 11.8. The molecule has 0 saturated carbocycles. The summed E-state index contributed by atoms with van der Waals surface area (Å²) in [6, 6.07) is 5.76. The second-order valence-electron chi connectivity index (χ2n) is 6.46. The highest BCUT2D eigenvalue weighted by Gasteiger charge is 2.20. The zero-order valence-corrected chi connectivity index (χ0v) is 18.8. The summed E-state index contributed by atoms with van der Waals surface area (Å²) >= 11 is 0. The van der Waals surface area contributed by atoms with E-state index < -0.39 is 0 Å². The number of hydrogen-bond donors (Lipinski definition) is 1. The molecular formula is C19H29IN6O2. The SMILES string of the molecule is CCNC(=NCCOc1cccnc1)N1CCN(Cc2cc(C)on2)CC1.I. The van der Waals surface area contributed by atoms with Gasteiger partial charge in [-0.3, -0.25) is 9.88 Å². The predicted octanol–water partition coefficient (Wildman–Crippen LogP) is 2.16. The molecule has 1 saturated heterocycles. The molecule has 154 valence electrons. The van der Waals surface area contributed by atoms with Crippen LogP contribution in [0.2, 0.25) is 0 Å². The Morgan fingerprint density at radius 3 is 2.79 bits per heavy atom. The van der Waals surface area contributed by atoms with Gasteiger partial charge in [0.1, 0.15) is 18.1 Å². The topological polar surface area (TPSA) is 79.0 Å². The number of halogens is 1. The molecule has 0 aliphatic carbocycles. The third-order valence-corrected chi connectivity index (χ3v) is 4.33. The minimum atomic E-state index is 0. The fourth-order valence-electron chi connectivity index (χ4n) is 3.01. The summed E-state index contributed by atoms with van der Waals surface area (Å²) in [4.78, 5) is 13.4. The number of nitrogens with zero attached hydrogens (tertiary/aromatic N) is 5. The van der Waals surface area contributed by atoms with Gasteiger partial charge in [0.05, 0.1) is 18.4 Å². The molecule has 3 heterocycles. The van der Waals surface area contributed by atoms with Crippen molar-refractivity contribution in [1.29, 1.82) is 0 Å². The summed E-state index contributed by atoms with van der Waals surface area (Å²) in [7, 11) is 0. The number of aromatic nitrogens is 2. The summed E-state index contributed by atoms with van der Waals surface area (Å²) in [5.74, 6) is 2.58. The Balaban J connectivity index is 0.00000280. The highest BCUT2D eigenvalue weighted by atomic mass is 127. The number of guanidine groups is 1. The first-order valence-electron chi connectivity index (χ1n) is 9.45. The monoisotopic (exact) mass is 500 g/mol. The second-order valence-corrected chi connectivity index (χ2v) is 6.46. The van der Waals surface area contributed by atoms with Crippen LogP contribution < -0.4 is 10.1 Å². The smallest absolute Gasteiger partial charge is 0.194 e. The number of aryl methyl sites for hydroxylation is 1. The summed E-state index contributed by atoms with van der Waals surface area (Å²) in [5.41, 5.74) is 0.995. The third-order valence-electron chi connectivity index (χ3n) is 4.33. The lowest BCUT2D eigenvalue weighted by Crippen LogP contribution is -2.52. The maximum absolute atomic E-state index is 5.67. The van der Waals surface area contributed by atoms with Crippen LogP contribution in [-0.2, 0) is 6.54 Å². The molecule has 0 atom stereocenters. The molecule has 1 aliphatic rings. The Hall–Kier alpha value is -1.88. The highest BCUT2D eigenvalue weighted by molar-refractivity contribution is 14.0. The van der Waals surface area contributed by atoms with E-state index in [0.717, 1.165) is 62.4 Å². The van der Waals surface area contributed by atoms with Gasteiger partial charge in [-0.1, -0.05) is 5.16 Å². The fourth-order valence-corrected chi connectivity index (χ4v) is 3.01. The number of aliphatic imine (C=N–C) groups is 1. The van der Waals surface area contributed by atoms with Crippen LogP contribution in [0.3, 0.4) is 0 Å². The normalized spacial score (nSPS) is 15.2. The first kappa shape index (κ1) is 22.4. The molecule has 0 spiro atoms. The van der Waals surface area contributed by atoms with Crippen LogP contribution in [0.15, 0.2) is 40.1 Å². The molecule has 28 heavy (non-hydrogen) atoms. The van der Waals surface area contributed by atoms with E-state index in [1.165, 1.54) is 0 Å². The van der Waals surface area contributed by atoms with Gasteiger partial charge >= 0.3 is 0 Å². The third kappa shape index (κ3) is 6.93. The number of piperazine rings is 1. The van der Waals surface area contributed by atoms with Crippen molar-refractivity contribution in [1.82, 2.24) is 25.3 Å². The van der Waals surface area contributed by atoms with Crippen LogP contribution in [0.1, 0.15) is 18.4 Å². The van der Waals surface area contributed by atoms with Crippen LogP contribution in [0, 0.1) is 6.92 Å². The Bertz CT molecular complexity index is 716. The molecular weight excluding hydrogens is 471 g/mol. The van der Waals surface area contributed by atoms with Crippen molar-refractivity contribution in [2.45, 2.75) is 20.4 Å².